The summed E-state index contributed by atoms with van der Waals surface area (Å²) in [6, 6.07) is 11.7. The zero-order valence-electron chi connectivity index (χ0n) is 12.4. The Morgan fingerprint density at radius 2 is 1.90 bits per heavy atom. The predicted molar refractivity (Wildman–Crippen MR) is 84.5 cm³/mol. The van der Waals surface area contributed by atoms with Crippen LogP contribution in [0.4, 0.5) is 0 Å². The second-order valence-electron chi connectivity index (χ2n) is 3.90. The molecule has 0 unspecified atom stereocenters. The first-order valence-electron chi connectivity index (χ1n) is 6.78. The lowest BCUT2D eigenvalue weighted by Crippen LogP contribution is -2.02. The van der Waals surface area contributed by atoms with E-state index in [1.165, 1.54) is 0 Å². The van der Waals surface area contributed by atoms with Crippen molar-refractivity contribution in [1.29, 1.82) is 0 Å². The monoisotopic (exact) mass is 270 g/mol. The number of benzene rings is 1. The summed E-state index contributed by atoms with van der Waals surface area (Å²) in [6.07, 6.45) is 3.55. The second-order valence-corrected chi connectivity index (χ2v) is 3.90. The summed E-state index contributed by atoms with van der Waals surface area (Å²) in [5.74, 6) is 0.839. The maximum Gasteiger partial charge on any atom is 0.119 e. The molecule has 3 nitrogen and oxygen atoms in total. The van der Waals surface area contributed by atoms with Gasteiger partial charge in [0.2, 0.25) is 0 Å². The molecule has 0 fully saturated rings. The summed E-state index contributed by atoms with van der Waals surface area (Å²) in [6.45, 7) is 8.43. The molecule has 1 aromatic carbocycles. The van der Waals surface area contributed by atoms with Crippen molar-refractivity contribution in [1.82, 2.24) is 10.3 Å². The first kappa shape index (κ1) is 15.8. The van der Waals surface area contributed by atoms with Crippen LogP contribution in [0, 0.1) is 0 Å². The Morgan fingerprint density at radius 3 is 2.45 bits per heavy atom. The summed E-state index contributed by atoms with van der Waals surface area (Å²) in [7, 11) is 1.86. The van der Waals surface area contributed by atoms with Gasteiger partial charge in [0.1, 0.15) is 12.4 Å². The quantitative estimate of drug-likeness (QED) is 0.895. The Balaban J connectivity index is 0.000000956. The Morgan fingerprint density at radius 1 is 1.20 bits per heavy atom. The Kier molecular flexibility index (Phi) is 6.90. The molecule has 20 heavy (non-hydrogen) atoms. The van der Waals surface area contributed by atoms with Crippen molar-refractivity contribution in [3.8, 4) is 5.75 Å². The van der Waals surface area contributed by atoms with Gasteiger partial charge in [-0.2, -0.15) is 0 Å². The topological polar surface area (TPSA) is 34.1 Å². The van der Waals surface area contributed by atoms with Crippen LogP contribution in [-0.2, 0) is 6.61 Å². The van der Waals surface area contributed by atoms with Gasteiger partial charge >= 0.3 is 0 Å². The number of aromatic nitrogens is 1. The minimum atomic E-state index is 0.528. The maximum absolute atomic E-state index is 5.67. The van der Waals surface area contributed by atoms with Gasteiger partial charge in [-0.1, -0.05) is 26.5 Å². The molecule has 0 radical (unpaired) electrons. The number of hydrogen-bond donors (Lipinski definition) is 1. The van der Waals surface area contributed by atoms with Gasteiger partial charge in [-0.3, -0.25) is 4.98 Å². The Hall–Kier alpha value is -2.29. The van der Waals surface area contributed by atoms with Crippen LogP contribution < -0.4 is 10.1 Å². The van der Waals surface area contributed by atoms with Gasteiger partial charge in [0.05, 0.1) is 0 Å². The van der Waals surface area contributed by atoms with Crippen molar-refractivity contribution in [3.63, 3.8) is 0 Å². The zero-order valence-corrected chi connectivity index (χ0v) is 12.4. The van der Waals surface area contributed by atoms with Gasteiger partial charge in [0.25, 0.3) is 0 Å². The highest BCUT2D eigenvalue weighted by molar-refractivity contribution is 5.61. The predicted octanol–water partition coefficient (Wildman–Crippen LogP) is 3.88. The van der Waals surface area contributed by atoms with Crippen LogP contribution in [-0.4, -0.2) is 12.0 Å². The van der Waals surface area contributed by atoms with Crippen LogP contribution in [0.2, 0.25) is 0 Å². The molecule has 0 aliphatic carbocycles. The number of hydrogen-bond acceptors (Lipinski definition) is 3. The highest BCUT2D eigenvalue weighted by Crippen LogP contribution is 2.16. The SMILES string of the molecule is C=C(NC)c1ccc(OCc2cccnc2)cc1.CC. The van der Waals surface area contributed by atoms with Gasteiger partial charge in [0.15, 0.2) is 0 Å². The second kappa shape index (κ2) is 8.75. The third kappa shape index (κ3) is 4.76. The average Bonchev–Trinajstić information content (AvgIpc) is 2.55. The van der Waals surface area contributed by atoms with E-state index in [2.05, 4.69) is 16.9 Å². The third-order valence-corrected chi connectivity index (χ3v) is 2.63. The van der Waals surface area contributed by atoms with Gasteiger partial charge in [0, 0.05) is 30.7 Å². The first-order chi connectivity index (χ1) is 9.79. The van der Waals surface area contributed by atoms with Crippen LogP contribution in [0.25, 0.3) is 5.70 Å². The van der Waals surface area contributed by atoms with E-state index < -0.39 is 0 Å². The molecule has 0 aliphatic heterocycles. The van der Waals surface area contributed by atoms with Gasteiger partial charge < -0.3 is 10.1 Å². The lowest BCUT2D eigenvalue weighted by molar-refractivity contribution is 0.305. The minimum absolute atomic E-state index is 0.528. The van der Waals surface area contributed by atoms with E-state index in [1.807, 2.05) is 57.3 Å². The smallest absolute Gasteiger partial charge is 0.119 e. The van der Waals surface area contributed by atoms with E-state index in [4.69, 9.17) is 4.74 Å². The zero-order chi connectivity index (χ0) is 14.8. The van der Waals surface area contributed by atoms with Crippen LogP contribution >= 0.6 is 0 Å². The Labute approximate surface area is 121 Å². The first-order valence-corrected chi connectivity index (χ1v) is 6.78. The van der Waals surface area contributed by atoms with Crippen molar-refractivity contribution < 1.29 is 4.74 Å². The number of ether oxygens (including phenoxy) is 1. The lowest BCUT2D eigenvalue weighted by Gasteiger charge is -2.08. The van der Waals surface area contributed by atoms with E-state index in [9.17, 15) is 0 Å². The van der Waals surface area contributed by atoms with Crippen LogP contribution in [0.1, 0.15) is 25.0 Å². The molecule has 0 spiro atoms. The van der Waals surface area contributed by atoms with Crippen molar-refractivity contribution in [2.45, 2.75) is 20.5 Å². The molecule has 1 N–H and O–H groups in total. The maximum atomic E-state index is 5.67. The Bertz CT molecular complexity index is 506. The van der Waals surface area contributed by atoms with E-state index in [0.717, 1.165) is 22.6 Å². The number of pyridine rings is 1. The molecule has 0 atom stereocenters. The van der Waals surface area contributed by atoms with Crippen LogP contribution in [0.15, 0.2) is 55.4 Å². The van der Waals surface area contributed by atoms with E-state index in [0.29, 0.717) is 6.61 Å². The largest absolute Gasteiger partial charge is 0.489 e. The highest BCUT2D eigenvalue weighted by atomic mass is 16.5. The fourth-order valence-corrected chi connectivity index (χ4v) is 1.55. The molecule has 0 amide bonds. The average molecular weight is 270 g/mol. The molecule has 106 valence electrons. The van der Waals surface area contributed by atoms with E-state index in [-0.39, 0.29) is 0 Å². The molecule has 3 heteroatoms. The fourth-order valence-electron chi connectivity index (χ4n) is 1.55. The summed E-state index contributed by atoms with van der Waals surface area (Å²) in [5.41, 5.74) is 3.02. The highest BCUT2D eigenvalue weighted by Gasteiger charge is 1.98. The number of rotatable bonds is 5. The van der Waals surface area contributed by atoms with Crippen molar-refractivity contribution in [2.24, 2.45) is 0 Å². The summed E-state index contributed by atoms with van der Waals surface area (Å²) >= 11 is 0. The van der Waals surface area contributed by atoms with Gasteiger partial charge in [-0.05, 0) is 35.9 Å². The van der Waals surface area contributed by atoms with Gasteiger partial charge in [-0.15, -0.1) is 0 Å². The summed E-state index contributed by atoms with van der Waals surface area (Å²) in [5, 5.41) is 3.01. The molecule has 0 bridgehead atoms. The van der Waals surface area contributed by atoms with Crippen molar-refractivity contribution >= 4 is 5.70 Å². The number of nitrogens with zero attached hydrogens (tertiary/aromatic N) is 1. The summed E-state index contributed by atoms with van der Waals surface area (Å²) < 4.78 is 5.67. The van der Waals surface area contributed by atoms with Gasteiger partial charge in [-0.25, -0.2) is 0 Å². The third-order valence-electron chi connectivity index (χ3n) is 2.63. The van der Waals surface area contributed by atoms with Crippen LogP contribution in [0.3, 0.4) is 0 Å². The van der Waals surface area contributed by atoms with E-state index >= 15 is 0 Å². The fraction of sp³-hybridized carbons (Fsp3) is 0.235. The van der Waals surface area contributed by atoms with E-state index in [1.54, 1.807) is 12.4 Å². The molecule has 2 aromatic rings. The molecule has 1 aromatic heterocycles. The molecule has 0 saturated carbocycles. The summed E-state index contributed by atoms with van der Waals surface area (Å²) in [4.78, 5) is 4.05. The molecular weight excluding hydrogens is 248 g/mol. The minimum Gasteiger partial charge on any atom is -0.489 e. The molecule has 0 aliphatic rings. The lowest BCUT2D eigenvalue weighted by atomic mass is 10.2. The van der Waals surface area contributed by atoms with Crippen molar-refractivity contribution in [2.75, 3.05) is 7.05 Å². The standard InChI is InChI=1S/C15H16N2O.C2H6/c1-12(16-2)14-5-7-15(8-6-14)18-11-13-4-3-9-17-10-13;1-2/h3-10,16H,1,11H2,2H3;1-2H3. The molecule has 0 saturated heterocycles. The number of nitrogens with one attached hydrogen (secondary N) is 1. The molecule has 1 heterocycles. The van der Waals surface area contributed by atoms with Crippen LogP contribution in [0.5, 0.6) is 5.75 Å². The molecule has 2 rings (SSSR count). The van der Waals surface area contributed by atoms with Crippen molar-refractivity contribution in [3.05, 3.63) is 66.5 Å². The molecular formula is C17H22N2O. The normalized spacial score (nSPS) is 9.15.